The monoisotopic (exact) mass is 724 g/mol. The van der Waals surface area contributed by atoms with E-state index >= 15 is 4.39 Å². The van der Waals surface area contributed by atoms with Gasteiger partial charge in [0.1, 0.15) is 22.8 Å². The molecule has 2 heterocycles. The number of hydrogen-bond acceptors (Lipinski definition) is 6. The maximum atomic E-state index is 15.0. The average Bonchev–Trinajstić information content (AvgIpc) is 3.60. The Balaban J connectivity index is 1.31. The van der Waals surface area contributed by atoms with Crippen LogP contribution in [0, 0.1) is 12.7 Å². The molecule has 256 valence electrons. The number of nitrogens with one attached hydrogen (secondary N) is 1. The lowest BCUT2D eigenvalue weighted by atomic mass is 10.2. The third-order valence-corrected chi connectivity index (χ3v) is 8.55. The molecule has 3 amide bonds. The highest BCUT2D eigenvalue weighted by Crippen LogP contribution is 3.02. The van der Waals surface area contributed by atoms with Crippen LogP contribution in [0.15, 0.2) is 76.9 Å². The summed E-state index contributed by atoms with van der Waals surface area (Å²) >= 11 is 0.867. The Kier molecular flexibility index (Phi) is 8.48. The van der Waals surface area contributed by atoms with Gasteiger partial charge in [0.2, 0.25) is 5.91 Å². The minimum atomic E-state index is -9.87. The number of carbonyl (C=O) groups excluding carboxylic acids is 2. The van der Waals surface area contributed by atoms with Gasteiger partial charge in [-0.2, -0.15) is 18.2 Å². The molecule has 0 bridgehead atoms. The van der Waals surface area contributed by atoms with Gasteiger partial charge in [0, 0.05) is 5.56 Å². The van der Waals surface area contributed by atoms with E-state index in [1.807, 2.05) is 0 Å². The van der Waals surface area contributed by atoms with Crippen LogP contribution in [-0.2, 0) is 4.79 Å². The number of alkyl halides is 3. The molecule has 1 aliphatic heterocycles. The van der Waals surface area contributed by atoms with E-state index in [-0.39, 0.29) is 57.3 Å². The molecule has 0 radical (unpaired) electrons. The summed E-state index contributed by atoms with van der Waals surface area (Å²) in [5.74, 6) is -1.79. The van der Waals surface area contributed by atoms with E-state index < -0.39 is 52.1 Å². The van der Waals surface area contributed by atoms with Crippen molar-refractivity contribution in [2.24, 2.45) is 4.99 Å². The smallest absolute Gasteiger partial charge is 0.392 e. The van der Waals surface area contributed by atoms with Crippen molar-refractivity contribution in [3.63, 3.8) is 0 Å². The lowest BCUT2D eigenvalue weighted by Gasteiger charge is -2.40. The number of carbonyl (C=O) groups is 2. The van der Waals surface area contributed by atoms with Crippen LogP contribution in [0.5, 0.6) is 5.75 Å². The molecule has 0 aliphatic carbocycles. The fourth-order valence-electron chi connectivity index (χ4n) is 4.24. The van der Waals surface area contributed by atoms with Gasteiger partial charge in [0.15, 0.2) is 11.0 Å². The number of urea groups is 1. The molecule has 0 spiro atoms. The molecule has 1 aliphatic rings. The highest BCUT2D eigenvalue weighted by Gasteiger charge is 2.65. The number of aryl methyl sites for hydroxylation is 1. The Morgan fingerprint density at radius 1 is 1.04 bits per heavy atom. The van der Waals surface area contributed by atoms with Gasteiger partial charge in [-0.25, -0.2) is 18.9 Å². The summed E-state index contributed by atoms with van der Waals surface area (Å²) in [6.45, 7) is 0.954. The van der Waals surface area contributed by atoms with Crippen LogP contribution in [0.25, 0.3) is 17.1 Å². The number of rotatable bonds is 8. The van der Waals surface area contributed by atoms with Gasteiger partial charge in [0.05, 0.1) is 35.8 Å². The minimum Gasteiger partial charge on any atom is -0.491 e. The highest BCUT2D eigenvalue weighted by atomic mass is 32.5. The Bertz CT molecular complexity index is 1930. The lowest BCUT2D eigenvalue weighted by molar-refractivity contribution is -0.139. The number of amidine groups is 1. The average molecular weight is 725 g/mol. The van der Waals surface area contributed by atoms with Crippen LogP contribution in [0.3, 0.4) is 0 Å². The number of aliphatic imine (C=N–C) groups is 1. The number of hydrogen-bond donors (Lipinski definition) is 1. The molecule has 1 N–H and O–H groups in total. The van der Waals surface area contributed by atoms with Crippen molar-refractivity contribution < 1.29 is 51.3 Å². The van der Waals surface area contributed by atoms with Gasteiger partial charge in [-0.05, 0) is 67.1 Å². The maximum Gasteiger partial charge on any atom is 0.392 e. The Morgan fingerprint density at radius 2 is 1.75 bits per heavy atom. The summed E-state index contributed by atoms with van der Waals surface area (Å²) in [4.78, 5) is 32.2. The molecule has 3 aromatic carbocycles. The zero-order chi connectivity index (χ0) is 35.1. The van der Waals surface area contributed by atoms with Crippen molar-refractivity contribution in [2.45, 2.75) is 24.4 Å². The topological polar surface area (TPSA) is 102 Å². The molecule has 1 fully saturated rings. The minimum absolute atomic E-state index is 0.0363. The summed E-state index contributed by atoms with van der Waals surface area (Å²) in [5, 5.41) is 6.12. The first kappa shape index (κ1) is 34.6. The predicted octanol–water partition coefficient (Wildman–Crippen LogP) is 9.04. The molecule has 20 heteroatoms. The van der Waals surface area contributed by atoms with Crippen molar-refractivity contribution >= 4 is 50.5 Å². The molecule has 5 rings (SSSR count). The second-order valence-corrected chi connectivity index (χ2v) is 13.5. The van der Waals surface area contributed by atoms with Crippen molar-refractivity contribution in [1.82, 2.24) is 14.8 Å². The summed E-state index contributed by atoms with van der Waals surface area (Å²) in [6.07, 6.45) is -4.64. The first-order valence-electron chi connectivity index (χ1n) is 13.4. The number of ether oxygens (including phenoxy) is 1. The van der Waals surface area contributed by atoms with Gasteiger partial charge in [-0.15, -0.1) is 5.10 Å². The Morgan fingerprint density at radius 3 is 2.40 bits per heavy atom. The highest BCUT2D eigenvalue weighted by molar-refractivity contribution is 8.45. The first-order valence-corrected chi connectivity index (χ1v) is 16.3. The fraction of sp³-hybridized carbons (Fsp3) is 0.179. The Hall–Kier alpha value is -4.72. The zero-order valence-corrected chi connectivity index (χ0v) is 25.8. The molecule has 4 aromatic rings. The third kappa shape index (κ3) is 8.22. The number of anilines is 2. The van der Waals surface area contributed by atoms with Crippen LogP contribution in [0.4, 0.5) is 53.2 Å². The van der Waals surface area contributed by atoms with Gasteiger partial charge in [-0.1, -0.05) is 37.3 Å². The SMILES string of the molecule is Cc1ccc(OCCC(F)(F)F)c(N2C(=O)CS/C2=N\C(=O)Nc2ccc(-c3ncn(-c4ccc(S(F)(F)(F)(F)F)cc4)n3)cc2F)c1. The van der Waals surface area contributed by atoms with E-state index in [1.165, 1.54) is 18.2 Å². The molecule has 48 heavy (non-hydrogen) atoms. The zero-order valence-electron chi connectivity index (χ0n) is 24.2. The maximum absolute atomic E-state index is 15.0. The van der Waals surface area contributed by atoms with Crippen molar-refractivity contribution in [3.8, 4) is 22.8 Å². The lowest BCUT2D eigenvalue weighted by Crippen LogP contribution is -2.31. The second-order valence-electron chi connectivity index (χ2n) is 10.2. The quantitative estimate of drug-likeness (QED) is 0.182. The van der Waals surface area contributed by atoms with E-state index in [0.29, 0.717) is 5.56 Å². The molecule has 9 nitrogen and oxygen atoms in total. The fourth-order valence-corrected chi connectivity index (χ4v) is 5.75. The molecular formula is C28H21F9N6O3S2. The molecule has 0 atom stereocenters. The number of amides is 3. The molecule has 0 saturated carbocycles. The van der Waals surface area contributed by atoms with Gasteiger partial charge < -0.3 is 10.1 Å². The van der Waals surface area contributed by atoms with E-state index in [9.17, 15) is 42.2 Å². The third-order valence-electron chi connectivity index (χ3n) is 6.47. The van der Waals surface area contributed by atoms with E-state index in [0.717, 1.165) is 51.9 Å². The molecule has 1 aromatic heterocycles. The van der Waals surface area contributed by atoms with Crippen LogP contribution in [-0.4, -0.2) is 50.4 Å². The summed E-state index contributed by atoms with van der Waals surface area (Å²) in [5.41, 5.74) is 0.405. The number of thioether (sulfide) groups is 1. The van der Waals surface area contributed by atoms with Crippen molar-refractivity contribution in [2.75, 3.05) is 22.6 Å². The van der Waals surface area contributed by atoms with Gasteiger partial charge in [-0.3, -0.25) is 9.69 Å². The van der Waals surface area contributed by atoms with Crippen LogP contribution >= 0.6 is 22.0 Å². The van der Waals surface area contributed by atoms with Crippen LogP contribution in [0.2, 0.25) is 0 Å². The number of nitrogens with zero attached hydrogens (tertiary/aromatic N) is 5. The molecular weight excluding hydrogens is 703 g/mol. The van der Waals surface area contributed by atoms with E-state index in [4.69, 9.17) is 4.74 Å². The van der Waals surface area contributed by atoms with Gasteiger partial charge >= 0.3 is 22.4 Å². The standard InChI is InChI=1S/C28H21F9N6O3S2/c1-16-2-9-23(46-11-10-28(30,31)32)22(12-16)43-24(44)14-47-27(43)40-26(45)39-21-8-3-17(13-20(21)29)25-38-15-42(41-25)18-4-6-19(7-5-18)48(33,34,35,36)37/h2-9,12-13,15H,10-11,14H2,1H3,(H,39,45)/b40-27-. The number of halogens is 9. The normalized spacial score (nSPS) is 16.2. The Labute approximate surface area is 269 Å². The van der Waals surface area contributed by atoms with Gasteiger partial charge in [0.25, 0.3) is 0 Å². The van der Waals surface area contributed by atoms with Crippen LogP contribution < -0.4 is 15.0 Å². The predicted molar refractivity (Wildman–Crippen MR) is 162 cm³/mol. The number of benzene rings is 3. The summed E-state index contributed by atoms with van der Waals surface area (Å²) in [7, 11) is -9.87. The summed E-state index contributed by atoms with van der Waals surface area (Å²) in [6, 6.07) is 8.69. The van der Waals surface area contributed by atoms with Crippen molar-refractivity contribution in [3.05, 3.63) is 78.4 Å². The number of aromatic nitrogens is 3. The van der Waals surface area contributed by atoms with Crippen LogP contribution in [0.1, 0.15) is 12.0 Å². The van der Waals surface area contributed by atoms with E-state index in [2.05, 4.69) is 20.4 Å². The largest absolute Gasteiger partial charge is 0.491 e. The summed E-state index contributed by atoms with van der Waals surface area (Å²) < 4.78 is 124. The second kappa shape index (κ2) is 11.8. The van der Waals surface area contributed by atoms with Crippen molar-refractivity contribution in [1.29, 1.82) is 0 Å². The van der Waals surface area contributed by atoms with E-state index in [1.54, 1.807) is 13.0 Å². The first-order chi connectivity index (χ1) is 22.2. The molecule has 1 saturated heterocycles. The molecule has 0 unspecified atom stereocenters.